The number of rotatable bonds is 0. The maximum atomic E-state index is 13.1. The van der Waals surface area contributed by atoms with E-state index in [1.807, 2.05) is 0 Å². The van der Waals surface area contributed by atoms with Crippen molar-refractivity contribution in [2.24, 2.45) is 0 Å². The maximum absolute atomic E-state index is 13.1. The molecule has 0 bridgehead atoms. The van der Waals surface area contributed by atoms with Crippen molar-refractivity contribution in [1.82, 2.24) is 0 Å². The number of aromatic hydroxyl groups is 1. The lowest BCUT2D eigenvalue weighted by Gasteiger charge is -1.99. The summed E-state index contributed by atoms with van der Waals surface area (Å²) in [5.41, 5.74) is -0.282. The van der Waals surface area contributed by atoms with Gasteiger partial charge in [-0.2, -0.15) is 0 Å². The van der Waals surface area contributed by atoms with Crippen LogP contribution in [0.3, 0.4) is 0 Å². The SMILES string of the molecule is O=C1Nc2ccc(O)c(F)c2C1=O. The lowest BCUT2D eigenvalue weighted by atomic mass is 10.1. The number of carbonyl (C=O) groups excluding carboxylic acids is 2. The van der Waals surface area contributed by atoms with Crippen LogP contribution in [0.4, 0.5) is 10.1 Å². The number of anilines is 1. The van der Waals surface area contributed by atoms with Gasteiger partial charge in [0.15, 0.2) is 11.6 Å². The maximum Gasteiger partial charge on any atom is 0.296 e. The predicted molar refractivity (Wildman–Crippen MR) is 41.0 cm³/mol. The number of nitrogens with one attached hydrogen (secondary N) is 1. The fraction of sp³-hybridized carbons (Fsp3) is 0. The smallest absolute Gasteiger partial charge is 0.296 e. The van der Waals surface area contributed by atoms with E-state index >= 15 is 0 Å². The molecule has 0 fully saturated rings. The zero-order valence-electron chi connectivity index (χ0n) is 6.30. The van der Waals surface area contributed by atoms with Gasteiger partial charge in [0.25, 0.3) is 11.7 Å². The second-order valence-electron chi connectivity index (χ2n) is 2.60. The third-order valence-electron chi connectivity index (χ3n) is 1.80. The van der Waals surface area contributed by atoms with Crippen molar-refractivity contribution in [3.63, 3.8) is 0 Å². The van der Waals surface area contributed by atoms with Crippen LogP contribution in [0.5, 0.6) is 5.75 Å². The fourth-order valence-corrected chi connectivity index (χ4v) is 1.18. The van der Waals surface area contributed by atoms with E-state index in [1.54, 1.807) is 0 Å². The van der Waals surface area contributed by atoms with Gasteiger partial charge in [-0.05, 0) is 12.1 Å². The Balaban J connectivity index is 2.73. The number of ketones is 1. The molecule has 1 aromatic rings. The van der Waals surface area contributed by atoms with Gasteiger partial charge >= 0.3 is 0 Å². The molecular formula is C8H4FNO3. The lowest BCUT2D eigenvalue weighted by Crippen LogP contribution is -2.13. The van der Waals surface area contributed by atoms with Crippen molar-refractivity contribution < 1.29 is 19.1 Å². The number of hydrogen-bond acceptors (Lipinski definition) is 3. The third-order valence-corrected chi connectivity index (χ3v) is 1.80. The van der Waals surface area contributed by atoms with Crippen molar-refractivity contribution in [2.45, 2.75) is 0 Å². The Morgan fingerprint density at radius 3 is 2.69 bits per heavy atom. The Bertz CT molecular complexity index is 428. The van der Waals surface area contributed by atoms with Gasteiger partial charge in [-0.25, -0.2) is 4.39 Å². The van der Waals surface area contributed by atoms with Crippen LogP contribution in [-0.2, 0) is 4.79 Å². The summed E-state index contributed by atoms with van der Waals surface area (Å²) in [6.45, 7) is 0. The zero-order valence-corrected chi connectivity index (χ0v) is 6.30. The standard InChI is InChI=1S/C8H4FNO3/c9-6-4(11)2-1-3-5(6)7(12)8(13)10-3/h1-2,11H,(H,10,12,13). The molecule has 1 aromatic carbocycles. The van der Waals surface area contributed by atoms with Gasteiger partial charge in [-0.15, -0.1) is 0 Å². The Hall–Kier alpha value is -1.91. The molecule has 0 aliphatic carbocycles. The molecule has 0 saturated carbocycles. The average Bonchev–Trinajstić information content (AvgIpc) is 2.37. The van der Waals surface area contributed by atoms with Crippen LogP contribution < -0.4 is 5.32 Å². The van der Waals surface area contributed by atoms with Crippen molar-refractivity contribution >= 4 is 17.4 Å². The number of amides is 1. The highest BCUT2D eigenvalue weighted by atomic mass is 19.1. The van der Waals surface area contributed by atoms with E-state index in [-0.39, 0.29) is 11.3 Å². The first kappa shape index (κ1) is 7.72. The number of halogens is 1. The molecule has 0 spiro atoms. The number of phenolic OH excluding ortho intramolecular Hbond substituents is 1. The fourth-order valence-electron chi connectivity index (χ4n) is 1.18. The number of Topliss-reactive ketones (excluding diaryl/α,β-unsaturated/α-hetero) is 1. The van der Waals surface area contributed by atoms with Gasteiger partial charge in [-0.3, -0.25) is 9.59 Å². The summed E-state index contributed by atoms with van der Waals surface area (Å²) in [5.74, 6) is -3.52. The van der Waals surface area contributed by atoms with E-state index in [4.69, 9.17) is 5.11 Å². The summed E-state index contributed by atoms with van der Waals surface area (Å²) in [6.07, 6.45) is 0. The molecule has 2 rings (SSSR count). The lowest BCUT2D eigenvalue weighted by molar-refractivity contribution is -0.112. The molecule has 0 aromatic heterocycles. The first-order valence-electron chi connectivity index (χ1n) is 3.48. The number of fused-ring (bicyclic) bond motifs is 1. The molecule has 13 heavy (non-hydrogen) atoms. The third kappa shape index (κ3) is 0.900. The molecule has 0 unspecified atom stereocenters. The van der Waals surface area contributed by atoms with Crippen molar-refractivity contribution in [3.8, 4) is 5.75 Å². The summed E-state index contributed by atoms with van der Waals surface area (Å²) >= 11 is 0. The Kier molecular flexibility index (Phi) is 1.36. The number of hydrogen-bond donors (Lipinski definition) is 2. The Morgan fingerprint density at radius 2 is 2.00 bits per heavy atom. The highest BCUT2D eigenvalue weighted by Gasteiger charge is 2.32. The van der Waals surface area contributed by atoms with Crippen LogP contribution in [0, 0.1) is 5.82 Å². The summed E-state index contributed by atoms with van der Waals surface area (Å²) in [5, 5.41) is 11.1. The van der Waals surface area contributed by atoms with E-state index in [0.29, 0.717) is 0 Å². The quantitative estimate of drug-likeness (QED) is 0.456. The van der Waals surface area contributed by atoms with Crippen LogP contribution in [-0.4, -0.2) is 16.8 Å². The highest BCUT2D eigenvalue weighted by molar-refractivity contribution is 6.51. The predicted octanol–water partition coefficient (Wildman–Crippen LogP) is 0.666. The monoisotopic (exact) mass is 181 g/mol. The van der Waals surface area contributed by atoms with Gasteiger partial charge in [0.1, 0.15) is 0 Å². The van der Waals surface area contributed by atoms with Crippen molar-refractivity contribution in [2.75, 3.05) is 5.32 Å². The van der Waals surface area contributed by atoms with Crippen molar-refractivity contribution in [1.29, 1.82) is 0 Å². The minimum absolute atomic E-state index is 0.102. The van der Waals surface area contributed by atoms with Crippen molar-refractivity contribution in [3.05, 3.63) is 23.5 Å². The number of phenols is 1. The molecule has 2 N–H and O–H groups in total. The van der Waals surface area contributed by atoms with Gasteiger partial charge in [0.2, 0.25) is 0 Å². The van der Waals surface area contributed by atoms with Crippen LogP contribution in [0.2, 0.25) is 0 Å². The minimum atomic E-state index is -1.05. The Labute approximate surface area is 72.0 Å². The van der Waals surface area contributed by atoms with Gasteiger partial charge in [0, 0.05) is 0 Å². The summed E-state index contributed by atoms with van der Waals surface area (Å²) in [7, 11) is 0. The van der Waals surface area contributed by atoms with Gasteiger partial charge in [-0.1, -0.05) is 0 Å². The van der Waals surface area contributed by atoms with Crippen LogP contribution in [0.25, 0.3) is 0 Å². The minimum Gasteiger partial charge on any atom is -0.505 e. The molecule has 0 radical (unpaired) electrons. The van der Waals surface area contributed by atoms with E-state index in [9.17, 15) is 14.0 Å². The van der Waals surface area contributed by atoms with Crippen LogP contribution >= 0.6 is 0 Å². The molecule has 1 heterocycles. The van der Waals surface area contributed by atoms with E-state index in [2.05, 4.69) is 5.32 Å². The molecule has 0 saturated heterocycles. The van der Waals surface area contributed by atoms with E-state index in [1.165, 1.54) is 6.07 Å². The summed E-state index contributed by atoms with van der Waals surface area (Å²) in [4.78, 5) is 21.8. The van der Waals surface area contributed by atoms with Gasteiger partial charge in [0.05, 0.1) is 11.3 Å². The normalized spacial score (nSPS) is 14.2. The second-order valence-corrected chi connectivity index (χ2v) is 2.60. The number of carbonyl (C=O) groups is 2. The Morgan fingerprint density at radius 1 is 1.31 bits per heavy atom. The summed E-state index contributed by atoms with van der Waals surface area (Å²) < 4.78 is 13.1. The van der Waals surface area contributed by atoms with Crippen LogP contribution in [0.1, 0.15) is 10.4 Å². The molecule has 4 nitrogen and oxygen atoms in total. The van der Waals surface area contributed by atoms with Crippen LogP contribution in [0.15, 0.2) is 12.1 Å². The summed E-state index contributed by atoms with van der Waals surface area (Å²) in [6, 6.07) is 2.35. The van der Waals surface area contributed by atoms with E-state index in [0.717, 1.165) is 6.07 Å². The number of benzene rings is 1. The highest BCUT2D eigenvalue weighted by Crippen LogP contribution is 2.30. The largest absolute Gasteiger partial charge is 0.505 e. The first-order valence-corrected chi connectivity index (χ1v) is 3.48. The molecule has 66 valence electrons. The zero-order chi connectivity index (χ0) is 9.59. The molecule has 5 heteroatoms. The molecular weight excluding hydrogens is 177 g/mol. The van der Waals surface area contributed by atoms with E-state index < -0.39 is 23.3 Å². The molecule has 1 amide bonds. The second kappa shape index (κ2) is 2.29. The topological polar surface area (TPSA) is 66.4 Å². The average molecular weight is 181 g/mol. The molecule has 1 aliphatic rings. The molecule has 0 atom stereocenters. The van der Waals surface area contributed by atoms with Gasteiger partial charge < -0.3 is 10.4 Å². The molecule has 1 aliphatic heterocycles. The first-order chi connectivity index (χ1) is 6.11.